The Morgan fingerprint density at radius 3 is 2.41 bits per heavy atom. The van der Waals surface area contributed by atoms with Crippen LogP contribution in [0.25, 0.3) is 0 Å². The maximum Gasteiger partial charge on any atom is 0.173 e. The van der Waals surface area contributed by atoms with Crippen molar-refractivity contribution in [3.05, 3.63) is 102 Å². The van der Waals surface area contributed by atoms with Gasteiger partial charge < -0.3 is 9.64 Å². The lowest BCUT2D eigenvalue weighted by Crippen LogP contribution is -2.48. The van der Waals surface area contributed by atoms with Crippen LogP contribution in [0, 0.1) is 5.82 Å². The lowest BCUT2D eigenvalue weighted by Gasteiger charge is -2.40. The molecule has 1 atom stereocenters. The average Bonchev–Trinajstić information content (AvgIpc) is 3.34. The van der Waals surface area contributed by atoms with E-state index in [9.17, 15) is 4.39 Å². The number of hydrogen-bond acceptors (Lipinski definition) is 6. The fourth-order valence-corrected chi connectivity index (χ4v) is 4.49. The topological polar surface area (TPSA) is 59.3 Å². The van der Waals surface area contributed by atoms with E-state index in [1.165, 1.54) is 12.1 Å². The maximum absolute atomic E-state index is 13.7. The van der Waals surface area contributed by atoms with E-state index in [1.807, 2.05) is 47.1 Å². The van der Waals surface area contributed by atoms with Crippen molar-refractivity contribution in [3.8, 4) is 5.75 Å². The van der Waals surface area contributed by atoms with Gasteiger partial charge in [-0.15, -0.1) is 5.10 Å². The van der Waals surface area contributed by atoms with Crippen LogP contribution in [0.2, 0.25) is 0 Å². The van der Waals surface area contributed by atoms with Crippen LogP contribution in [0.15, 0.2) is 78.9 Å². The molecule has 4 aromatic rings. The number of tetrazole rings is 1. The average molecular weight is 459 g/mol. The maximum atomic E-state index is 13.7. The third-order valence-electron chi connectivity index (χ3n) is 6.26. The second-order valence-corrected chi connectivity index (χ2v) is 8.36. The fourth-order valence-electron chi connectivity index (χ4n) is 4.49. The van der Waals surface area contributed by atoms with E-state index in [2.05, 4.69) is 49.6 Å². The van der Waals surface area contributed by atoms with Gasteiger partial charge in [-0.2, -0.15) is 0 Å². The van der Waals surface area contributed by atoms with Crippen LogP contribution in [0.1, 0.15) is 23.0 Å². The fraction of sp³-hybridized carbons (Fsp3) is 0.269. The SMILES string of the molecule is COc1cccc(N2CCN([C@H](c3ccc(F)cc3)c3nnnn3Cc3ccccc3)CC2)c1. The number of ether oxygens (including phenoxy) is 1. The summed E-state index contributed by atoms with van der Waals surface area (Å²) in [5.74, 6) is 1.35. The van der Waals surface area contributed by atoms with E-state index >= 15 is 0 Å². The molecule has 0 radical (unpaired) electrons. The molecule has 1 fully saturated rings. The smallest absolute Gasteiger partial charge is 0.173 e. The molecule has 3 aromatic carbocycles. The second-order valence-electron chi connectivity index (χ2n) is 8.36. The summed E-state index contributed by atoms with van der Waals surface area (Å²) in [7, 11) is 1.68. The van der Waals surface area contributed by atoms with Gasteiger partial charge in [-0.25, -0.2) is 9.07 Å². The highest BCUT2D eigenvalue weighted by Crippen LogP contribution is 2.30. The zero-order chi connectivity index (χ0) is 23.3. The zero-order valence-corrected chi connectivity index (χ0v) is 19.1. The molecular formula is C26H27FN6O. The number of aromatic nitrogens is 4. The van der Waals surface area contributed by atoms with Gasteiger partial charge >= 0.3 is 0 Å². The Labute approximate surface area is 198 Å². The summed E-state index contributed by atoms with van der Waals surface area (Å²) < 4.78 is 21.0. The first-order chi connectivity index (χ1) is 16.7. The summed E-state index contributed by atoms with van der Waals surface area (Å²) >= 11 is 0. The lowest BCUT2D eigenvalue weighted by atomic mass is 10.0. The molecule has 0 spiro atoms. The van der Waals surface area contributed by atoms with Crippen molar-refractivity contribution in [2.75, 3.05) is 38.2 Å². The van der Waals surface area contributed by atoms with E-state index in [0.717, 1.165) is 54.6 Å². The standard InChI is InChI=1S/C26H27FN6O/c1-34-24-9-5-8-23(18-24)31-14-16-32(17-15-31)25(21-10-12-22(27)13-11-21)26-28-29-30-33(26)19-20-6-3-2-4-7-20/h2-13,18,25H,14-17,19H2,1H3/t25-/m1/s1. The first kappa shape index (κ1) is 22.0. The van der Waals surface area contributed by atoms with Crippen molar-refractivity contribution in [3.63, 3.8) is 0 Å². The van der Waals surface area contributed by atoms with E-state index in [4.69, 9.17) is 4.74 Å². The Morgan fingerprint density at radius 2 is 1.68 bits per heavy atom. The van der Waals surface area contributed by atoms with Crippen LogP contribution < -0.4 is 9.64 Å². The second kappa shape index (κ2) is 10.0. The Bertz CT molecular complexity index is 1210. The number of piperazine rings is 1. The van der Waals surface area contributed by atoms with Crippen molar-refractivity contribution in [1.82, 2.24) is 25.1 Å². The van der Waals surface area contributed by atoms with Crippen LogP contribution >= 0.6 is 0 Å². The molecule has 0 bridgehead atoms. The van der Waals surface area contributed by atoms with Gasteiger partial charge in [0, 0.05) is 37.9 Å². The number of hydrogen-bond donors (Lipinski definition) is 0. The molecule has 0 N–H and O–H groups in total. The molecular weight excluding hydrogens is 431 g/mol. The quantitative estimate of drug-likeness (QED) is 0.420. The van der Waals surface area contributed by atoms with Gasteiger partial charge in [0.2, 0.25) is 0 Å². The van der Waals surface area contributed by atoms with Crippen molar-refractivity contribution < 1.29 is 9.13 Å². The minimum Gasteiger partial charge on any atom is -0.497 e. The Hall–Kier alpha value is -3.78. The number of benzene rings is 3. The molecule has 0 amide bonds. The van der Waals surface area contributed by atoms with E-state index < -0.39 is 0 Å². The zero-order valence-electron chi connectivity index (χ0n) is 19.1. The Balaban J connectivity index is 1.41. The normalized spacial score (nSPS) is 15.3. The molecule has 8 heteroatoms. The van der Waals surface area contributed by atoms with Crippen LogP contribution in [-0.2, 0) is 6.54 Å². The van der Waals surface area contributed by atoms with E-state index in [0.29, 0.717) is 6.54 Å². The van der Waals surface area contributed by atoms with Gasteiger partial charge in [-0.05, 0) is 45.8 Å². The lowest BCUT2D eigenvalue weighted by molar-refractivity contribution is 0.201. The largest absolute Gasteiger partial charge is 0.497 e. The summed E-state index contributed by atoms with van der Waals surface area (Å²) in [6, 6.07) is 24.8. The number of anilines is 1. The summed E-state index contributed by atoms with van der Waals surface area (Å²) in [6.07, 6.45) is 0. The molecule has 1 saturated heterocycles. The number of rotatable bonds is 7. The Morgan fingerprint density at radius 1 is 0.912 bits per heavy atom. The van der Waals surface area contributed by atoms with Gasteiger partial charge in [-0.1, -0.05) is 48.5 Å². The highest BCUT2D eigenvalue weighted by Gasteiger charge is 2.31. The van der Waals surface area contributed by atoms with Crippen LogP contribution in [0.5, 0.6) is 5.75 Å². The number of halogens is 1. The van der Waals surface area contributed by atoms with E-state index in [-0.39, 0.29) is 11.9 Å². The van der Waals surface area contributed by atoms with E-state index in [1.54, 1.807) is 7.11 Å². The predicted molar refractivity (Wildman–Crippen MR) is 128 cm³/mol. The molecule has 1 aliphatic heterocycles. The molecule has 34 heavy (non-hydrogen) atoms. The third kappa shape index (κ3) is 4.77. The molecule has 1 aliphatic rings. The predicted octanol–water partition coefficient (Wildman–Crippen LogP) is 3.78. The monoisotopic (exact) mass is 458 g/mol. The van der Waals surface area contributed by atoms with Gasteiger partial charge in [-0.3, -0.25) is 4.90 Å². The van der Waals surface area contributed by atoms with Crippen molar-refractivity contribution in [2.24, 2.45) is 0 Å². The van der Waals surface area contributed by atoms with Crippen molar-refractivity contribution >= 4 is 5.69 Å². The van der Waals surface area contributed by atoms with Crippen LogP contribution in [0.3, 0.4) is 0 Å². The van der Waals surface area contributed by atoms with Gasteiger partial charge in [0.15, 0.2) is 5.82 Å². The summed E-state index contributed by atoms with van der Waals surface area (Å²) in [4.78, 5) is 4.73. The number of nitrogens with zero attached hydrogens (tertiary/aromatic N) is 6. The molecule has 1 aromatic heterocycles. The molecule has 5 rings (SSSR count). The van der Waals surface area contributed by atoms with Crippen LogP contribution in [-0.4, -0.2) is 58.4 Å². The highest BCUT2D eigenvalue weighted by atomic mass is 19.1. The molecule has 0 unspecified atom stereocenters. The molecule has 0 aliphatic carbocycles. The van der Waals surface area contributed by atoms with Crippen molar-refractivity contribution in [2.45, 2.75) is 12.6 Å². The Kier molecular flexibility index (Phi) is 6.49. The minimum atomic E-state index is -0.255. The molecule has 7 nitrogen and oxygen atoms in total. The highest BCUT2D eigenvalue weighted by molar-refractivity contribution is 5.51. The summed E-state index contributed by atoms with van der Waals surface area (Å²) in [5, 5.41) is 12.7. The summed E-state index contributed by atoms with van der Waals surface area (Å²) in [5.41, 5.74) is 3.24. The molecule has 2 heterocycles. The third-order valence-corrected chi connectivity index (χ3v) is 6.26. The van der Waals surface area contributed by atoms with Crippen molar-refractivity contribution in [1.29, 1.82) is 0 Å². The van der Waals surface area contributed by atoms with Gasteiger partial charge in [0.25, 0.3) is 0 Å². The van der Waals surface area contributed by atoms with Gasteiger partial charge in [0.1, 0.15) is 11.6 Å². The van der Waals surface area contributed by atoms with Gasteiger partial charge in [0.05, 0.1) is 19.7 Å². The number of methoxy groups -OCH3 is 1. The summed E-state index contributed by atoms with van der Waals surface area (Å²) in [6.45, 7) is 3.91. The van der Waals surface area contributed by atoms with Crippen LogP contribution in [0.4, 0.5) is 10.1 Å². The first-order valence-corrected chi connectivity index (χ1v) is 11.4. The molecule has 174 valence electrons. The molecule has 0 saturated carbocycles. The minimum absolute atomic E-state index is 0.174. The first-order valence-electron chi connectivity index (χ1n) is 11.4.